The van der Waals surface area contributed by atoms with Gasteiger partial charge < -0.3 is 5.32 Å². The Kier molecular flexibility index (Phi) is 2.65. The average Bonchev–Trinajstić information content (AvgIpc) is 2.30. The van der Waals surface area contributed by atoms with Crippen LogP contribution in [-0.2, 0) is 11.2 Å². The predicted molar refractivity (Wildman–Crippen MR) is 57.5 cm³/mol. The number of rotatable bonds is 0. The summed E-state index contributed by atoms with van der Waals surface area (Å²) in [6, 6.07) is 2.93. The summed E-state index contributed by atoms with van der Waals surface area (Å²) in [5.41, 5.74) is 1.06. The fraction of sp³-hybridized carbons (Fsp3) is 0.364. The minimum Gasteiger partial charge on any atom is -0.323 e. The fourth-order valence-corrected chi connectivity index (χ4v) is 1.94. The van der Waals surface area contributed by atoms with Gasteiger partial charge in [-0.2, -0.15) is 0 Å². The first-order valence-electron chi connectivity index (χ1n) is 4.86. The van der Waals surface area contributed by atoms with Crippen molar-refractivity contribution in [3.63, 3.8) is 0 Å². The molecule has 2 nitrogen and oxygen atoms in total. The molecule has 0 spiro atoms. The number of nitrogens with one attached hydrogen (secondary N) is 1. The van der Waals surface area contributed by atoms with Crippen LogP contribution in [0, 0.1) is 11.7 Å². The maximum absolute atomic E-state index is 13.5. The molecule has 15 heavy (non-hydrogen) atoms. The van der Waals surface area contributed by atoms with E-state index >= 15 is 0 Å². The zero-order valence-electron chi connectivity index (χ0n) is 8.31. The standard InChI is InChI=1S/C11H11ClFNO/c1-6-2-3-7-4-8(12)5-9(13)10(7)14-11(6)15/h4-6H,2-3H2,1H3,(H,14,15). The van der Waals surface area contributed by atoms with Crippen molar-refractivity contribution >= 4 is 23.2 Å². The molecule has 1 unspecified atom stereocenters. The van der Waals surface area contributed by atoms with Crippen molar-refractivity contribution in [3.8, 4) is 0 Å². The number of hydrogen-bond acceptors (Lipinski definition) is 1. The summed E-state index contributed by atoms with van der Waals surface area (Å²) in [6.45, 7) is 1.83. The molecule has 80 valence electrons. The Hall–Kier alpha value is -1.09. The van der Waals surface area contributed by atoms with Gasteiger partial charge in [-0.25, -0.2) is 4.39 Å². The number of amides is 1. The third kappa shape index (κ3) is 1.97. The van der Waals surface area contributed by atoms with Crippen molar-refractivity contribution in [2.24, 2.45) is 5.92 Å². The van der Waals surface area contributed by atoms with Gasteiger partial charge in [0.1, 0.15) is 5.82 Å². The number of carbonyl (C=O) groups is 1. The molecule has 1 amide bonds. The first kappa shape index (κ1) is 10.4. The SMILES string of the molecule is CC1CCc2cc(Cl)cc(F)c2NC1=O. The molecule has 0 aliphatic carbocycles. The Morgan fingerprint density at radius 1 is 1.53 bits per heavy atom. The van der Waals surface area contributed by atoms with Gasteiger partial charge in [0.05, 0.1) is 5.69 Å². The quantitative estimate of drug-likeness (QED) is 0.725. The van der Waals surface area contributed by atoms with Gasteiger partial charge in [-0.3, -0.25) is 4.79 Å². The van der Waals surface area contributed by atoms with Crippen LogP contribution in [0.4, 0.5) is 10.1 Å². The Morgan fingerprint density at radius 2 is 2.27 bits per heavy atom. The molecule has 1 atom stereocenters. The molecule has 0 bridgehead atoms. The van der Waals surface area contributed by atoms with E-state index in [0.29, 0.717) is 11.4 Å². The summed E-state index contributed by atoms with van der Waals surface area (Å²) in [6.07, 6.45) is 1.39. The van der Waals surface area contributed by atoms with E-state index < -0.39 is 5.82 Å². The number of carbonyl (C=O) groups excluding carboxylic acids is 1. The van der Waals surface area contributed by atoms with Crippen molar-refractivity contribution in [2.75, 3.05) is 5.32 Å². The summed E-state index contributed by atoms with van der Waals surface area (Å²) < 4.78 is 13.5. The van der Waals surface area contributed by atoms with Crippen LogP contribution < -0.4 is 5.32 Å². The van der Waals surface area contributed by atoms with Crippen molar-refractivity contribution in [3.05, 3.63) is 28.5 Å². The van der Waals surface area contributed by atoms with E-state index in [0.717, 1.165) is 12.0 Å². The third-order valence-electron chi connectivity index (χ3n) is 2.68. The Bertz CT molecular complexity index is 419. The molecule has 1 aromatic carbocycles. The summed E-state index contributed by atoms with van der Waals surface area (Å²) >= 11 is 5.76. The maximum atomic E-state index is 13.5. The van der Waals surface area contributed by atoms with Gasteiger partial charge in [-0.15, -0.1) is 0 Å². The average molecular weight is 228 g/mol. The molecule has 0 aromatic heterocycles. The first-order valence-corrected chi connectivity index (χ1v) is 5.24. The van der Waals surface area contributed by atoms with Gasteiger partial charge in [-0.1, -0.05) is 18.5 Å². The second-order valence-corrected chi connectivity index (χ2v) is 4.29. The lowest BCUT2D eigenvalue weighted by atomic mass is 10.0. The van der Waals surface area contributed by atoms with Gasteiger partial charge in [0, 0.05) is 10.9 Å². The molecule has 2 rings (SSSR count). The number of benzene rings is 1. The molecule has 0 saturated carbocycles. The molecule has 0 saturated heterocycles. The Balaban J connectivity index is 2.47. The van der Waals surface area contributed by atoms with Crippen LogP contribution in [0.1, 0.15) is 18.9 Å². The predicted octanol–water partition coefficient (Wildman–Crippen LogP) is 3.00. The van der Waals surface area contributed by atoms with Gasteiger partial charge >= 0.3 is 0 Å². The molecule has 1 heterocycles. The molecular formula is C11H11ClFNO. The lowest BCUT2D eigenvalue weighted by Gasteiger charge is -2.08. The summed E-state index contributed by atoms with van der Waals surface area (Å²) in [5, 5.41) is 2.97. The van der Waals surface area contributed by atoms with E-state index in [9.17, 15) is 9.18 Å². The van der Waals surface area contributed by atoms with E-state index in [1.54, 1.807) is 6.07 Å². The number of hydrogen-bond donors (Lipinski definition) is 1. The van der Waals surface area contributed by atoms with Gasteiger partial charge in [0.15, 0.2) is 0 Å². The third-order valence-corrected chi connectivity index (χ3v) is 2.90. The van der Waals surface area contributed by atoms with E-state index in [4.69, 9.17) is 11.6 Å². The van der Waals surface area contributed by atoms with Crippen LogP contribution in [0.3, 0.4) is 0 Å². The van der Waals surface area contributed by atoms with Crippen LogP contribution in [0.5, 0.6) is 0 Å². The highest BCUT2D eigenvalue weighted by Crippen LogP contribution is 2.29. The zero-order chi connectivity index (χ0) is 11.0. The maximum Gasteiger partial charge on any atom is 0.227 e. The lowest BCUT2D eigenvalue weighted by molar-refractivity contribution is -0.119. The van der Waals surface area contributed by atoms with Gasteiger partial charge in [0.2, 0.25) is 5.91 Å². The van der Waals surface area contributed by atoms with Crippen LogP contribution in [-0.4, -0.2) is 5.91 Å². The summed E-state index contributed by atoms with van der Waals surface area (Å²) in [4.78, 5) is 11.5. The van der Waals surface area contributed by atoms with E-state index in [1.807, 2.05) is 6.92 Å². The molecule has 1 N–H and O–H groups in total. The van der Waals surface area contributed by atoms with Crippen molar-refractivity contribution in [1.82, 2.24) is 0 Å². The molecule has 1 aliphatic heterocycles. The summed E-state index contributed by atoms with van der Waals surface area (Å²) in [7, 11) is 0. The lowest BCUT2D eigenvalue weighted by Crippen LogP contribution is -2.18. The monoisotopic (exact) mass is 227 g/mol. The van der Waals surface area contributed by atoms with Crippen molar-refractivity contribution < 1.29 is 9.18 Å². The number of halogens is 2. The van der Waals surface area contributed by atoms with E-state index in [2.05, 4.69) is 5.32 Å². The highest BCUT2D eigenvalue weighted by molar-refractivity contribution is 6.30. The van der Waals surface area contributed by atoms with Crippen molar-refractivity contribution in [1.29, 1.82) is 0 Å². The van der Waals surface area contributed by atoms with Crippen LogP contribution >= 0.6 is 11.6 Å². The minimum atomic E-state index is -0.458. The number of aryl methyl sites for hydroxylation is 1. The smallest absolute Gasteiger partial charge is 0.227 e. The van der Waals surface area contributed by atoms with Crippen LogP contribution in [0.15, 0.2) is 12.1 Å². The molecule has 4 heteroatoms. The van der Waals surface area contributed by atoms with Crippen molar-refractivity contribution in [2.45, 2.75) is 19.8 Å². The Labute approximate surface area is 92.4 Å². The molecule has 1 aliphatic rings. The molecule has 0 radical (unpaired) electrons. The number of anilines is 1. The highest BCUT2D eigenvalue weighted by Gasteiger charge is 2.22. The largest absolute Gasteiger partial charge is 0.323 e. The number of fused-ring (bicyclic) bond motifs is 1. The second-order valence-electron chi connectivity index (χ2n) is 3.85. The Morgan fingerprint density at radius 3 is 3.00 bits per heavy atom. The second kappa shape index (κ2) is 3.81. The van der Waals surface area contributed by atoms with E-state index in [1.165, 1.54) is 6.07 Å². The molecule has 0 fully saturated rings. The van der Waals surface area contributed by atoms with E-state index in [-0.39, 0.29) is 17.5 Å². The van der Waals surface area contributed by atoms with Gasteiger partial charge in [-0.05, 0) is 30.5 Å². The van der Waals surface area contributed by atoms with Gasteiger partial charge in [0.25, 0.3) is 0 Å². The minimum absolute atomic E-state index is 0.0874. The molecular weight excluding hydrogens is 217 g/mol. The summed E-state index contributed by atoms with van der Waals surface area (Å²) in [5.74, 6) is -0.675. The normalized spacial score (nSPS) is 20.5. The fourth-order valence-electron chi connectivity index (χ4n) is 1.71. The van der Waals surface area contributed by atoms with Crippen LogP contribution in [0.2, 0.25) is 5.02 Å². The topological polar surface area (TPSA) is 29.1 Å². The highest BCUT2D eigenvalue weighted by atomic mass is 35.5. The van der Waals surface area contributed by atoms with Crippen LogP contribution in [0.25, 0.3) is 0 Å². The molecule has 1 aromatic rings. The zero-order valence-corrected chi connectivity index (χ0v) is 9.07. The first-order chi connectivity index (χ1) is 7.08.